The van der Waals surface area contributed by atoms with Gasteiger partial charge in [0.2, 0.25) is 0 Å². The Morgan fingerprint density at radius 3 is 2.64 bits per heavy atom. The highest BCUT2D eigenvalue weighted by atomic mass is 16.5. The number of ether oxygens (including phenoxy) is 1. The highest BCUT2D eigenvalue weighted by Gasteiger charge is 2.09. The fourth-order valence-electron chi connectivity index (χ4n) is 2.68. The van der Waals surface area contributed by atoms with Crippen molar-refractivity contribution in [2.45, 2.75) is 13.3 Å². The van der Waals surface area contributed by atoms with Crippen molar-refractivity contribution in [3.05, 3.63) is 65.9 Å². The van der Waals surface area contributed by atoms with Crippen molar-refractivity contribution in [1.29, 1.82) is 0 Å². The van der Waals surface area contributed by atoms with E-state index >= 15 is 0 Å². The molecule has 0 radical (unpaired) electrons. The molecule has 2 aromatic carbocycles. The first-order valence-corrected chi connectivity index (χ1v) is 7.49. The molecule has 3 aromatic rings. The number of benzene rings is 2. The summed E-state index contributed by atoms with van der Waals surface area (Å²) in [6.07, 6.45) is 2.83. The van der Waals surface area contributed by atoms with Crippen LogP contribution in [0.4, 0.5) is 5.69 Å². The fourth-order valence-corrected chi connectivity index (χ4v) is 2.68. The molecule has 1 N–H and O–H groups in total. The van der Waals surface area contributed by atoms with Gasteiger partial charge in [-0.3, -0.25) is 4.98 Å². The fraction of sp³-hybridized carbons (Fsp3) is 0.211. The van der Waals surface area contributed by atoms with Gasteiger partial charge in [0.25, 0.3) is 0 Å². The van der Waals surface area contributed by atoms with E-state index in [0.717, 1.165) is 40.9 Å². The molecular formula is C19H20N2O. The first kappa shape index (κ1) is 14.4. The maximum atomic E-state index is 5.51. The molecule has 0 atom stereocenters. The van der Waals surface area contributed by atoms with Gasteiger partial charge in [-0.2, -0.15) is 0 Å². The lowest BCUT2D eigenvalue weighted by Gasteiger charge is -2.13. The zero-order valence-electron chi connectivity index (χ0n) is 13.0. The van der Waals surface area contributed by atoms with E-state index in [1.165, 1.54) is 5.56 Å². The topological polar surface area (TPSA) is 34.1 Å². The van der Waals surface area contributed by atoms with E-state index in [2.05, 4.69) is 41.5 Å². The Morgan fingerprint density at radius 1 is 1.05 bits per heavy atom. The zero-order chi connectivity index (χ0) is 15.4. The Hall–Kier alpha value is -2.55. The number of hydrogen-bond donors (Lipinski definition) is 1. The molecule has 0 fully saturated rings. The minimum Gasteiger partial charge on any atom is -0.496 e. The lowest BCUT2D eigenvalue weighted by Crippen LogP contribution is -2.06. The summed E-state index contributed by atoms with van der Waals surface area (Å²) in [5, 5.41) is 4.57. The third-order valence-corrected chi connectivity index (χ3v) is 3.85. The average molecular weight is 292 g/mol. The monoisotopic (exact) mass is 292 g/mol. The minimum atomic E-state index is 0.857. The molecule has 1 heterocycles. The molecule has 0 spiro atoms. The van der Waals surface area contributed by atoms with E-state index in [1.54, 1.807) is 7.11 Å². The maximum absolute atomic E-state index is 5.51. The molecule has 1 aromatic heterocycles. The molecule has 0 amide bonds. The standard InChI is InChI=1S/C19H20N2O/c1-14-8-9-17(22-2)18-16(11-13-21-19(14)18)20-12-10-15-6-4-3-5-7-15/h3-9,11,13H,10,12H2,1-2H3,(H,20,21). The second kappa shape index (κ2) is 6.48. The van der Waals surface area contributed by atoms with Crippen LogP contribution in [0.2, 0.25) is 0 Å². The highest BCUT2D eigenvalue weighted by molar-refractivity contribution is 5.97. The first-order chi connectivity index (χ1) is 10.8. The summed E-state index contributed by atoms with van der Waals surface area (Å²) in [6.45, 7) is 2.95. The quantitative estimate of drug-likeness (QED) is 0.765. The molecule has 3 nitrogen and oxygen atoms in total. The van der Waals surface area contributed by atoms with Gasteiger partial charge in [-0.15, -0.1) is 0 Å². The predicted octanol–water partition coefficient (Wildman–Crippen LogP) is 4.21. The van der Waals surface area contributed by atoms with Gasteiger partial charge in [0.1, 0.15) is 5.75 Å². The normalized spacial score (nSPS) is 10.6. The molecule has 3 heteroatoms. The molecule has 22 heavy (non-hydrogen) atoms. The summed E-state index contributed by atoms with van der Waals surface area (Å²) in [5.41, 5.74) is 4.55. The molecule has 0 aliphatic carbocycles. The SMILES string of the molecule is COc1ccc(C)c2nccc(NCCc3ccccc3)c12. The number of nitrogens with one attached hydrogen (secondary N) is 1. The molecule has 0 aliphatic rings. The minimum absolute atomic E-state index is 0.857. The summed E-state index contributed by atoms with van der Waals surface area (Å²) in [5.74, 6) is 0.857. The number of rotatable bonds is 5. The van der Waals surface area contributed by atoms with Crippen LogP contribution in [-0.2, 0) is 6.42 Å². The number of pyridine rings is 1. The third kappa shape index (κ3) is 2.89. The second-order valence-electron chi connectivity index (χ2n) is 5.33. The zero-order valence-corrected chi connectivity index (χ0v) is 13.0. The summed E-state index contributed by atoms with van der Waals surface area (Å²) in [6, 6.07) is 16.5. The number of fused-ring (bicyclic) bond motifs is 1. The molecular weight excluding hydrogens is 272 g/mol. The van der Waals surface area contributed by atoms with Gasteiger partial charge in [-0.1, -0.05) is 36.4 Å². The Morgan fingerprint density at radius 2 is 1.86 bits per heavy atom. The molecule has 0 saturated heterocycles. The van der Waals surface area contributed by atoms with Gasteiger partial charge < -0.3 is 10.1 Å². The molecule has 0 bridgehead atoms. The summed E-state index contributed by atoms with van der Waals surface area (Å²) < 4.78 is 5.51. The van der Waals surface area contributed by atoms with Gasteiger partial charge >= 0.3 is 0 Å². The van der Waals surface area contributed by atoms with Crippen LogP contribution < -0.4 is 10.1 Å². The van der Waals surface area contributed by atoms with Crippen LogP contribution >= 0.6 is 0 Å². The lowest BCUT2D eigenvalue weighted by molar-refractivity contribution is 0.420. The van der Waals surface area contributed by atoms with E-state index in [-0.39, 0.29) is 0 Å². The Labute approximate surface area is 131 Å². The highest BCUT2D eigenvalue weighted by Crippen LogP contribution is 2.32. The van der Waals surface area contributed by atoms with Crippen molar-refractivity contribution in [3.8, 4) is 5.75 Å². The van der Waals surface area contributed by atoms with Crippen LogP contribution in [0.5, 0.6) is 5.75 Å². The number of aryl methyl sites for hydroxylation is 1. The largest absolute Gasteiger partial charge is 0.496 e. The van der Waals surface area contributed by atoms with Crippen LogP contribution in [0.25, 0.3) is 10.9 Å². The summed E-state index contributed by atoms with van der Waals surface area (Å²) in [7, 11) is 1.70. The summed E-state index contributed by atoms with van der Waals surface area (Å²) >= 11 is 0. The Bertz CT molecular complexity index is 769. The number of methoxy groups -OCH3 is 1. The third-order valence-electron chi connectivity index (χ3n) is 3.85. The van der Waals surface area contributed by atoms with Crippen molar-refractivity contribution in [1.82, 2.24) is 4.98 Å². The van der Waals surface area contributed by atoms with E-state index in [0.29, 0.717) is 0 Å². The van der Waals surface area contributed by atoms with Gasteiger partial charge in [0.15, 0.2) is 0 Å². The summed E-state index contributed by atoms with van der Waals surface area (Å²) in [4.78, 5) is 4.50. The van der Waals surface area contributed by atoms with E-state index in [1.807, 2.05) is 30.5 Å². The second-order valence-corrected chi connectivity index (χ2v) is 5.33. The van der Waals surface area contributed by atoms with E-state index < -0.39 is 0 Å². The van der Waals surface area contributed by atoms with Gasteiger partial charge in [0.05, 0.1) is 18.0 Å². The van der Waals surface area contributed by atoms with Gasteiger partial charge in [-0.25, -0.2) is 0 Å². The molecule has 0 aliphatic heterocycles. The van der Waals surface area contributed by atoms with E-state index in [4.69, 9.17) is 4.74 Å². The predicted molar refractivity (Wildman–Crippen MR) is 91.7 cm³/mol. The van der Waals surface area contributed by atoms with Crippen molar-refractivity contribution < 1.29 is 4.74 Å². The molecule has 112 valence electrons. The van der Waals surface area contributed by atoms with E-state index in [9.17, 15) is 0 Å². The van der Waals surface area contributed by atoms with Crippen molar-refractivity contribution in [2.75, 3.05) is 19.0 Å². The van der Waals surface area contributed by atoms with Crippen molar-refractivity contribution in [3.63, 3.8) is 0 Å². The van der Waals surface area contributed by atoms with Crippen LogP contribution in [0, 0.1) is 6.92 Å². The number of anilines is 1. The molecule has 0 unspecified atom stereocenters. The van der Waals surface area contributed by atoms with Crippen molar-refractivity contribution in [2.24, 2.45) is 0 Å². The Balaban J connectivity index is 1.86. The van der Waals surface area contributed by atoms with Gasteiger partial charge in [-0.05, 0) is 36.6 Å². The van der Waals surface area contributed by atoms with Crippen molar-refractivity contribution >= 4 is 16.6 Å². The smallest absolute Gasteiger partial charge is 0.130 e. The first-order valence-electron chi connectivity index (χ1n) is 7.49. The van der Waals surface area contributed by atoms with Gasteiger partial charge in [0, 0.05) is 18.4 Å². The van der Waals surface area contributed by atoms with Crippen LogP contribution in [0.3, 0.4) is 0 Å². The number of aromatic nitrogens is 1. The molecule has 0 saturated carbocycles. The average Bonchev–Trinajstić information content (AvgIpc) is 2.57. The molecule has 3 rings (SSSR count). The number of nitrogens with zero attached hydrogens (tertiary/aromatic N) is 1. The van der Waals surface area contributed by atoms with Crippen LogP contribution in [-0.4, -0.2) is 18.6 Å². The maximum Gasteiger partial charge on any atom is 0.130 e. The van der Waals surface area contributed by atoms with Crippen LogP contribution in [0.15, 0.2) is 54.7 Å². The van der Waals surface area contributed by atoms with Crippen LogP contribution in [0.1, 0.15) is 11.1 Å². The lowest BCUT2D eigenvalue weighted by atomic mass is 10.1. The number of hydrogen-bond acceptors (Lipinski definition) is 3. The Kier molecular flexibility index (Phi) is 4.24.